The Morgan fingerprint density at radius 2 is 2.09 bits per heavy atom. The Morgan fingerprint density at radius 1 is 1.39 bits per heavy atom. The third kappa shape index (κ3) is 4.85. The van der Waals surface area contributed by atoms with Crippen molar-refractivity contribution in [2.45, 2.75) is 53.2 Å². The smallest absolute Gasteiger partial charge is 0.410 e. The summed E-state index contributed by atoms with van der Waals surface area (Å²) in [7, 11) is 2.07. The van der Waals surface area contributed by atoms with Gasteiger partial charge in [-0.3, -0.25) is 0 Å². The molecule has 0 fully saturated rings. The zero-order valence-corrected chi connectivity index (χ0v) is 15.2. The SMILES string of the molecule is CC(C)CN(C)c1ccc2c(n1)CCN(C(=O)OC(C)(C)C)C2. The largest absolute Gasteiger partial charge is 0.444 e. The fourth-order valence-electron chi connectivity index (χ4n) is 2.74. The lowest BCUT2D eigenvalue weighted by atomic mass is 10.1. The summed E-state index contributed by atoms with van der Waals surface area (Å²) < 4.78 is 5.46. The molecule has 0 aromatic carbocycles. The summed E-state index contributed by atoms with van der Waals surface area (Å²) in [6.07, 6.45) is 0.530. The Morgan fingerprint density at radius 3 is 2.70 bits per heavy atom. The van der Waals surface area contributed by atoms with Crippen molar-refractivity contribution >= 4 is 11.9 Å². The minimum atomic E-state index is -0.459. The van der Waals surface area contributed by atoms with Crippen LogP contribution in [0.5, 0.6) is 0 Å². The van der Waals surface area contributed by atoms with Gasteiger partial charge in [0.25, 0.3) is 0 Å². The number of amides is 1. The molecule has 23 heavy (non-hydrogen) atoms. The fraction of sp³-hybridized carbons (Fsp3) is 0.667. The molecule has 0 atom stereocenters. The molecule has 128 valence electrons. The molecule has 0 saturated carbocycles. The molecule has 0 saturated heterocycles. The van der Waals surface area contributed by atoms with Crippen LogP contribution in [0.3, 0.4) is 0 Å². The number of fused-ring (bicyclic) bond motifs is 1. The second-order valence-electron chi connectivity index (χ2n) is 7.70. The van der Waals surface area contributed by atoms with Crippen molar-refractivity contribution in [1.82, 2.24) is 9.88 Å². The third-order valence-corrected chi connectivity index (χ3v) is 3.72. The highest BCUT2D eigenvalue weighted by Gasteiger charge is 2.26. The molecule has 2 rings (SSSR count). The van der Waals surface area contributed by atoms with Gasteiger partial charge < -0.3 is 14.5 Å². The van der Waals surface area contributed by atoms with Crippen molar-refractivity contribution in [1.29, 1.82) is 0 Å². The number of nitrogens with zero attached hydrogens (tertiary/aromatic N) is 3. The van der Waals surface area contributed by atoms with E-state index in [2.05, 4.69) is 31.9 Å². The molecule has 1 aromatic rings. The van der Waals surface area contributed by atoms with Gasteiger partial charge in [-0.05, 0) is 38.3 Å². The second-order valence-corrected chi connectivity index (χ2v) is 7.70. The molecule has 1 aliphatic heterocycles. The van der Waals surface area contributed by atoms with Gasteiger partial charge in [0, 0.05) is 32.3 Å². The molecule has 0 aliphatic carbocycles. The number of aromatic nitrogens is 1. The van der Waals surface area contributed by atoms with Crippen molar-refractivity contribution in [2.24, 2.45) is 5.92 Å². The molecular formula is C18H29N3O2. The Labute approximate surface area is 139 Å². The van der Waals surface area contributed by atoms with Crippen molar-refractivity contribution in [2.75, 3.05) is 25.0 Å². The molecular weight excluding hydrogens is 290 g/mol. The van der Waals surface area contributed by atoms with Gasteiger partial charge in [-0.2, -0.15) is 0 Å². The number of anilines is 1. The minimum Gasteiger partial charge on any atom is -0.444 e. The van der Waals surface area contributed by atoms with Crippen LogP contribution in [-0.4, -0.2) is 41.7 Å². The highest BCUT2D eigenvalue weighted by atomic mass is 16.6. The maximum atomic E-state index is 12.2. The van der Waals surface area contributed by atoms with Crippen molar-refractivity contribution in [3.8, 4) is 0 Å². The van der Waals surface area contributed by atoms with E-state index in [4.69, 9.17) is 9.72 Å². The lowest BCUT2D eigenvalue weighted by Gasteiger charge is -2.31. The molecule has 0 bridgehead atoms. The Kier molecular flexibility index (Phi) is 5.17. The maximum absolute atomic E-state index is 12.2. The number of pyridine rings is 1. The fourth-order valence-corrected chi connectivity index (χ4v) is 2.74. The van der Waals surface area contributed by atoms with E-state index in [9.17, 15) is 4.79 Å². The normalized spacial score (nSPS) is 14.7. The molecule has 0 N–H and O–H groups in total. The van der Waals surface area contributed by atoms with Crippen molar-refractivity contribution in [3.63, 3.8) is 0 Å². The summed E-state index contributed by atoms with van der Waals surface area (Å²) in [5.74, 6) is 1.60. The molecule has 5 nitrogen and oxygen atoms in total. The average Bonchev–Trinajstić information content (AvgIpc) is 2.43. The van der Waals surface area contributed by atoms with E-state index in [1.807, 2.05) is 26.8 Å². The summed E-state index contributed by atoms with van der Waals surface area (Å²) in [4.78, 5) is 20.9. The summed E-state index contributed by atoms with van der Waals surface area (Å²) in [5, 5.41) is 0. The van der Waals surface area contributed by atoms with Gasteiger partial charge in [-0.25, -0.2) is 9.78 Å². The summed E-state index contributed by atoms with van der Waals surface area (Å²) >= 11 is 0. The Hall–Kier alpha value is -1.78. The Bertz CT molecular complexity index is 564. The first-order valence-corrected chi connectivity index (χ1v) is 8.33. The topological polar surface area (TPSA) is 45.7 Å². The molecule has 2 heterocycles. The summed E-state index contributed by atoms with van der Waals surface area (Å²) in [6, 6.07) is 4.13. The number of rotatable bonds is 3. The van der Waals surface area contributed by atoms with E-state index in [1.165, 1.54) is 0 Å². The lowest BCUT2D eigenvalue weighted by molar-refractivity contribution is 0.0223. The molecule has 5 heteroatoms. The summed E-state index contributed by atoms with van der Waals surface area (Å²) in [5.41, 5.74) is 1.75. The van der Waals surface area contributed by atoms with Crippen LogP contribution in [0.1, 0.15) is 45.9 Å². The van der Waals surface area contributed by atoms with Gasteiger partial charge in [0.1, 0.15) is 11.4 Å². The van der Waals surface area contributed by atoms with Crippen LogP contribution in [0.15, 0.2) is 12.1 Å². The van der Waals surface area contributed by atoms with E-state index in [0.717, 1.165) is 30.0 Å². The minimum absolute atomic E-state index is 0.246. The van der Waals surface area contributed by atoms with Crippen LogP contribution in [0.4, 0.5) is 10.6 Å². The molecule has 1 aliphatic rings. The standard InChI is InChI=1S/C18H29N3O2/c1-13(2)11-20(6)16-8-7-14-12-21(10-9-15(14)19-16)17(22)23-18(3,4)5/h7-8,13H,9-12H2,1-6H3. The number of hydrogen-bond acceptors (Lipinski definition) is 4. The van der Waals surface area contributed by atoms with E-state index in [-0.39, 0.29) is 6.09 Å². The van der Waals surface area contributed by atoms with Crippen LogP contribution in [-0.2, 0) is 17.7 Å². The second kappa shape index (κ2) is 6.77. The van der Waals surface area contributed by atoms with Gasteiger partial charge in [-0.15, -0.1) is 0 Å². The maximum Gasteiger partial charge on any atom is 0.410 e. The van der Waals surface area contributed by atoms with E-state index in [1.54, 1.807) is 4.90 Å². The van der Waals surface area contributed by atoms with Gasteiger partial charge >= 0.3 is 6.09 Å². The molecule has 0 spiro atoms. The molecule has 1 amide bonds. The van der Waals surface area contributed by atoms with Crippen LogP contribution >= 0.6 is 0 Å². The van der Waals surface area contributed by atoms with E-state index in [0.29, 0.717) is 19.0 Å². The number of hydrogen-bond donors (Lipinski definition) is 0. The summed E-state index contributed by atoms with van der Waals surface area (Å²) in [6.45, 7) is 12.3. The number of carbonyl (C=O) groups is 1. The first-order chi connectivity index (χ1) is 10.7. The predicted octanol–water partition coefficient (Wildman–Crippen LogP) is 3.47. The first-order valence-electron chi connectivity index (χ1n) is 8.33. The zero-order valence-electron chi connectivity index (χ0n) is 15.2. The highest BCUT2D eigenvalue weighted by Crippen LogP contribution is 2.22. The van der Waals surface area contributed by atoms with Crippen LogP contribution in [0.25, 0.3) is 0 Å². The van der Waals surface area contributed by atoms with Gasteiger partial charge in [0.15, 0.2) is 0 Å². The van der Waals surface area contributed by atoms with Crippen LogP contribution in [0.2, 0.25) is 0 Å². The quantitative estimate of drug-likeness (QED) is 0.856. The molecule has 0 unspecified atom stereocenters. The molecule has 0 radical (unpaired) electrons. The predicted molar refractivity (Wildman–Crippen MR) is 92.7 cm³/mol. The number of carbonyl (C=O) groups excluding carboxylic acids is 1. The third-order valence-electron chi connectivity index (χ3n) is 3.72. The number of ether oxygens (including phenoxy) is 1. The van der Waals surface area contributed by atoms with Crippen molar-refractivity contribution < 1.29 is 9.53 Å². The van der Waals surface area contributed by atoms with Gasteiger partial charge in [-0.1, -0.05) is 19.9 Å². The zero-order chi connectivity index (χ0) is 17.2. The average molecular weight is 319 g/mol. The highest BCUT2D eigenvalue weighted by molar-refractivity contribution is 5.68. The lowest BCUT2D eigenvalue weighted by Crippen LogP contribution is -2.40. The first kappa shape index (κ1) is 17.6. The van der Waals surface area contributed by atoms with Crippen LogP contribution < -0.4 is 4.90 Å². The molecule has 1 aromatic heterocycles. The monoisotopic (exact) mass is 319 g/mol. The Balaban J connectivity index is 2.07. The van der Waals surface area contributed by atoms with Gasteiger partial charge in [0.05, 0.1) is 6.54 Å². The van der Waals surface area contributed by atoms with Gasteiger partial charge in [0.2, 0.25) is 0 Å². The van der Waals surface area contributed by atoms with E-state index < -0.39 is 5.60 Å². The van der Waals surface area contributed by atoms with Crippen molar-refractivity contribution in [3.05, 3.63) is 23.4 Å². The van der Waals surface area contributed by atoms with E-state index >= 15 is 0 Å². The van der Waals surface area contributed by atoms with Crippen LogP contribution in [0, 0.1) is 5.92 Å².